The summed E-state index contributed by atoms with van der Waals surface area (Å²) in [5.74, 6) is 1.43. The molecule has 0 amide bonds. The van der Waals surface area contributed by atoms with Gasteiger partial charge in [-0.05, 0) is 41.8 Å². The summed E-state index contributed by atoms with van der Waals surface area (Å²) in [6, 6.07) is 16.1. The Balaban J connectivity index is 1.62. The lowest BCUT2D eigenvalue weighted by molar-refractivity contribution is 0.275. The number of benzene rings is 2. The molecule has 0 spiro atoms. The van der Waals surface area contributed by atoms with Crippen molar-refractivity contribution in [3.63, 3.8) is 0 Å². The van der Waals surface area contributed by atoms with Crippen LogP contribution in [0.4, 0.5) is 0 Å². The monoisotopic (exact) mass is 244 g/mol. The van der Waals surface area contributed by atoms with Gasteiger partial charge in [-0.15, -0.1) is 0 Å². The fourth-order valence-corrected chi connectivity index (χ4v) is 2.37. The summed E-state index contributed by atoms with van der Waals surface area (Å²) in [6.45, 7) is 0.749. The lowest BCUT2D eigenvalue weighted by Crippen LogP contribution is -2.22. The van der Waals surface area contributed by atoms with E-state index >= 15 is 0 Å². The zero-order valence-electron chi connectivity index (χ0n) is 9.40. The highest BCUT2D eigenvalue weighted by molar-refractivity contribution is 6.30. The average Bonchev–Trinajstić information content (AvgIpc) is 2.33. The second-order valence-corrected chi connectivity index (χ2v) is 4.80. The summed E-state index contributed by atoms with van der Waals surface area (Å²) in [4.78, 5) is 0. The van der Waals surface area contributed by atoms with Crippen molar-refractivity contribution in [2.24, 2.45) is 0 Å². The Hall–Kier alpha value is -1.47. The van der Waals surface area contributed by atoms with Crippen molar-refractivity contribution in [1.82, 2.24) is 0 Å². The van der Waals surface area contributed by atoms with Gasteiger partial charge in [-0.25, -0.2) is 0 Å². The van der Waals surface area contributed by atoms with Crippen LogP contribution in [0.5, 0.6) is 5.75 Å². The molecular weight excluding hydrogens is 232 g/mol. The molecule has 0 saturated heterocycles. The van der Waals surface area contributed by atoms with Crippen molar-refractivity contribution in [1.29, 1.82) is 0 Å². The SMILES string of the molecule is Clc1ccc(OCC2Cc3ccccc32)cc1. The molecule has 0 aromatic heterocycles. The predicted molar refractivity (Wildman–Crippen MR) is 69.8 cm³/mol. The Bertz CT molecular complexity index is 519. The van der Waals surface area contributed by atoms with Gasteiger partial charge in [0.1, 0.15) is 5.75 Å². The van der Waals surface area contributed by atoms with Gasteiger partial charge < -0.3 is 4.74 Å². The molecule has 0 fully saturated rings. The third kappa shape index (κ3) is 2.16. The van der Waals surface area contributed by atoms with Gasteiger partial charge in [0.2, 0.25) is 0 Å². The average molecular weight is 245 g/mol. The zero-order valence-corrected chi connectivity index (χ0v) is 10.2. The van der Waals surface area contributed by atoms with Gasteiger partial charge in [0.25, 0.3) is 0 Å². The quantitative estimate of drug-likeness (QED) is 0.791. The molecule has 0 radical (unpaired) electrons. The highest BCUT2D eigenvalue weighted by Gasteiger charge is 2.25. The minimum absolute atomic E-state index is 0.543. The molecule has 0 N–H and O–H groups in total. The molecule has 1 atom stereocenters. The first-order chi connectivity index (χ1) is 8.33. The van der Waals surface area contributed by atoms with Gasteiger partial charge in [-0.3, -0.25) is 0 Å². The summed E-state index contributed by atoms with van der Waals surface area (Å²) in [5.41, 5.74) is 2.89. The summed E-state index contributed by atoms with van der Waals surface area (Å²) < 4.78 is 5.76. The lowest BCUT2D eigenvalue weighted by atomic mass is 9.78. The van der Waals surface area contributed by atoms with Crippen LogP contribution in [0.15, 0.2) is 48.5 Å². The van der Waals surface area contributed by atoms with Crippen molar-refractivity contribution < 1.29 is 4.74 Å². The van der Waals surface area contributed by atoms with Gasteiger partial charge in [-0.2, -0.15) is 0 Å². The molecule has 2 aromatic rings. The Morgan fingerprint density at radius 2 is 1.82 bits per heavy atom. The van der Waals surface area contributed by atoms with Gasteiger partial charge in [0.15, 0.2) is 0 Å². The van der Waals surface area contributed by atoms with Gasteiger partial charge in [-0.1, -0.05) is 35.9 Å². The summed E-state index contributed by atoms with van der Waals surface area (Å²) in [5, 5.41) is 0.742. The van der Waals surface area contributed by atoms with Crippen molar-refractivity contribution in [2.75, 3.05) is 6.61 Å². The molecule has 2 aromatic carbocycles. The highest BCUT2D eigenvalue weighted by Crippen LogP contribution is 2.35. The Morgan fingerprint density at radius 3 is 2.59 bits per heavy atom. The van der Waals surface area contributed by atoms with Crippen LogP contribution in [-0.4, -0.2) is 6.61 Å². The molecule has 17 heavy (non-hydrogen) atoms. The number of halogens is 1. The highest BCUT2D eigenvalue weighted by atomic mass is 35.5. The third-order valence-electron chi connectivity index (χ3n) is 3.23. The summed E-state index contributed by atoms with van der Waals surface area (Å²) in [7, 11) is 0. The second-order valence-electron chi connectivity index (χ2n) is 4.36. The normalized spacial score (nSPS) is 17.1. The van der Waals surface area contributed by atoms with E-state index in [0.717, 1.165) is 23.8 Å². The summed E-state index contributed by atoms with van der Waals surface area (Å²) >= 11 is 5.82. The van der Waals surface area contributed by atoms with Crippen LogP contribution in [0, 0.1) is 0 Å². The van der Waals surface area contributed by atoms with Crippen molar-refractivity contribution in [3.8, 4) is 5.75 Å². The van der Waals surface area contributed by atoms with Gasteiger partial charge in [0, 0.05) is 10.9 Å². The minimum Gasteiger partial charge on any atom is -0.493 e. The Morgan fingerprint density at radius 1 is 1.06 bits per heavy atom. The molecule has 3 rings (SSSR count). The molecule has 1 aliphatic rings. The summed E-state index contributed by atoms with van der Waals surface area (Å²) in [6.07, 6.45) is 1.13. The van der Waals surface area contributed by atoms with E-state index in [0.29, 0.717) is 5.92 Å². The number of ether oxygens (including phenoxy) is 1. The molecule has 1 aliphatic carbocycles. The molecule has 0 bridgehead atoms. The topological polar surface area (TPSA) is 9.23 Å². The van der Waals surface area contributed by atoms with E-state index in [1.165, 1.54) is 11.1 Å². The Kier molecular flexibility index (Phi) is 2.77. The predicted octanol–water partition coefficient (Wildman–Crippen LogP) is 4.06. The van der Waals surface area contributed by atoms with Gasteiger partial charge >= 0.3 is 0 Å². The standard InChI is InChI=1S/C15H13ClO/c16-13-5-7-14(8-6-13)17-10-12-9-11-3-1-2-4-15(11)12/h1-8,12H,9-10H2. The molecule has 0 aliphatic heterocycles. The molecule has 1 unspecified atom stereocenters. The van der Waals surface area contributed by atoms with E-state index in [-0.39, 0.29) is 0 Å². The molecule has 0 heterocycles. The maximum Gasteiger partial charge on any atom is 0.119 e. The van der Waals surface area contributed by atoms with E-state index in [9.17, 15) is 0 Å². The number of fused-ring (bicyclic) bond motifs is 1. The van der Waals surface area contributed by atoms with Crippen molar-refractivity contribution in [3.05, 3.63) is 64.7 Å². The molecule has 2 heteroatoms. The molecular formula is C15H13ClO. The number of rotatable bonds is 3. The van der Waals surface area contributed by atoms with E-state index in [1.807, 2.05) is 24.3 Å². The van der Waals surface area contributed by atoms with Crippen LogP contribution in [-0.2, 0) is 6.42 Å². The fraction of sp³-hybridized carbons (Fsp3) is 0.200. The van der Waals surface area contributed by atoms with Crippen LogP contribution >= 0.6 is 11.6 Å². The molecule has 0 saturated carbocycles. The minimum atomic E-state index is 0.543. The fourth-order valence-electron chi connectivity index (χ4n) is 2.24. The zero-order chi connectivity index (χ0) is 11.7. The molecule has 86 valence electrons. The van der Waals surface area contributed by atoms with Gasteiger partial charge in [0.05, 0.1) is 6.61 Å². The number of hydrogen-bond acceptors (Lipinski definition) is 1. The first kappa shape index (κ1) is 10.7. The van der Waals surface area contributed by atoms with Crippen molar-refractivity contribution >= 4 is 11.6 Å². The smallest absolute Gasteiger partial charge is 0.119 e. The first-order valence-corrected chi connectivity index (χ1v) is 6.17. The van der Waals surface area contributed by atoms with E-state index in [4.69, 9.17) is 16.3 Å². The van der Waals surface area contributed by atoms with E-state index < -0.39 is 0 Å². The Labute approximate surface area is 106 Å². The van der Waals surface area contributed by atoms with Crippen LogP contribution in [0.2, 0.25) is 5.02 Å². The largest absolute Gasteiger partial charge is 0.493 e. The lowest BCUT2D eigenvalue weighted by Gasteiger charge is -2.29. The van der Waals surface area contributed by atoms with Crippen LogP contribution in [0.1, 0.15) is 17.0 Å². The second kappa shape index (κ2) is 4.42. The van der Waals surface area contributed by atoms with Crippen LogP contribution in [0.25, 0.3) is 0 Å². The molecule has 1 nitrogen and oxygen atoms in total. The number of hydrogen-bond donors (Lipinski definition) is 0. The first-order valence-electron chi connectivity index (χ1n) is 5.79. The van der Waals surface area contributed by atoms with Crippen LogP contribution in [0.3, 0.4) is 0 Å². The van der Waals surface area contributed by atoms with Crippen molar-refractivity contribution in [2.45, 2.75) is 12.3 Å². The maximum atomic E-state index is 5.82. The third-order valence-corrected chi connectivity index (χ3v) is 3.48. The van der Waals surface area contributed by atoms with Crippen LogP contribution < -0.4 is 4.74 Å². The maximum absolute atomic E-state index is 5.82. The van der Waals surface area contributed by atoms with E-state index in [1.54, 1.807) is 0 Å². The van der Waals surface area contributed by atoms with E-state index in [2.05, 4.69) is 24.3 Å².